The van der Waals surface area contributed by atoms with Gasteiger partial charge in [0.1, 0.15) is 0 Å². The molecule has 0 radical (unpaired) electrons. The maximum atomic E-state index is 12.1. The van der Waals surface area contributed by atoms with Crippen molar-refractivity contribution in [2.24, 2.45) is 0 Å². The molecule has 4 nitrogen and oxygen atoms in total. The smallest absolute Gasteiger partial charge is 0.305 e. The Morgan fingerprint density at radius 3 is 2.35 bits per heavy atom. The lowest BCUT2D eigenvalue weighted by Crippen LogP contribution is -2.28. The van der Waals surface area contributed by atoms with Crippen LogP contribution in [0.1, 0.15) is 29.2 Å². The van der Waals surface area contributed by atoms with Crippen molar-refractivity contribution in [3.63, 3.8) is 0 Å². The molecule has 2 rings (SSSR count). The number of aryl methyl sites for hydroxylation is 1. The summed E-state index contributed by atoms with van der Waals surface area (Å²) in [5.41, 5.74) is 2.77. The van der Waals surface area contributed by atoms with Crippen LogP contribution in [0.25, 0.3) is 6.08 Å². The highest BCUT2D eigenvalue weighted by Gasteiger charge is 2.16. The molecule has 0 bridgehead atoms. The predicted octanol–water partition coefficient (Wildman–Crippen LogP) is 3.34. The quantitative estimate of drug-likeness (QED) is 0.804. The normalized spacial score (nSPS) is 12.0. The Kier molecular flexibility index (Phi) is 5.69. The van der Waals surface area contributed by atoms with Crippen molar-refractivity contribution in [2.45, 2.75) is 19.4 Å². The highest BCUT2D eigenvalue weighted by Crippen LogP contribution is 2.17. The third-order valence-corrected chi connectivity index (χ3v) is 3.40. The first-order chi connectivity index (χ1) is 11.0. The third kappa shape index (κ3) is 5.43. The number of amides is 1. The van der Waals surface area contributed by atoms with Crippen LogP contribution in [-0.4, -0.2) is 17.0 Å². The molecule has 23 heavy (non-hydrogen) atoms. The Morgan fingerprint density at radius 2 is 1.74 bits per heavy atom. The van der Waals surface area contributed by atoms with Crippen molar-refractivity contribution in [1.82, 2.24) is 5.32 Å². The van der Waals surface area contributed by atoms with Crippen LogP contribution in [0.15, 0.2) is 60.7 Å². The zero-order valence-electron chi connectivity index (χ0n) is 12.9. The van der Waals surface area contributed by atoms with E-state index in [2.05, 4.69) is 5.32 Å². The van der Waals surface area contributed by atoms with Gasteiger partial charge < -0.3 is 10.4 Å². The minimum absolute atomic E-state index is 0.159. The zero-order valence-corrected chi connectivity index (χ0v) is 12.9. The molecule has 0 aliphatic heterocycles. The van der Waals surface area contributed by atoms with E-state index in [1.165, 1.54) is 6.08 Å². The molecule has 1 atom stereocenters. The number of carboxylic acids is 1. The molecule has 2 aromatic carbocycles. The summed E-state index contributed by atoms with van der Waals surface area (Å²) in [6.45, 7) is 1.96. The van der Waals surface area contributed by atoms with Gasteiger partial charge in [0.2, 0.25) is 5.91 Å². The maximum absolute atomic E-state index is 12.1. The number of aliphatic carboxylic acids is 1. The molecule has 0 saturated heterocycles. The van der Waals surface area contributed by atoms with E-state index in [-0.39, 0.29) is 12.3 Å². The van der Waals surface area contributed by atoms with E-state index in [0.29, 0.717) is 0 Å². The number of benzene rings is 2. The van der Waals surface area contributed by atoms with Gasteiger partial charge in [0.25, 0.3) is 0 Å². The molecular weight excluding hydrogens is 290 g/mol. The Bertz CT molecular complexity index is 690. The molecule has 0 heterocycles. The van der Waals surface area contributed by atoms with E-state index in [1.54, 1.807) is 6.08 Å². The van der Waals surface area contributed by atoms with E-state index in [0.717, 1.165) is 16.7 Å². The summed E-state index contributed by atoms with van der Waals surface area (Å²) in [7, 11) is 0. The fraction of sp³-hybridized carbons (Fsp3) is 0.158. The summed E-state index contributed by atoms with van der Waals surface area (Å²) in [6, 6.07) is 16.4. The fourth-order valence-corrected chi connectivity index (χ4v) is 2.18. The summed E-state index contributed by atoms with van der Waals surface area (Å²) in [5.74, 6) is -1.27. The van der Waals surface area contributed by atoms with Crippen molar-refractivity contribution in [2.75, 3.05) is 0 Å². The molecule has 118 valence electrons. The Hall–Kier alpha value is -2.88. The zero-order chi connectivity index (χ0) is 16.7. The number of carboxylic acid groups (broad SMARTS) is 1. The van der Waals surface area contributed by atoms with Crippen LogP contribution in [0.5, 0.6) is 0 Å². The molecule has 0 aliphatic rings. The van der Waals surface area contributed by atoms with Crippen LogP contribution < -0.4 is 5.32 Å². The van der Waals surface area contributed by atoms with Crippen molar-refractivity contribution < 1.29 is 14.7 Å². The second-order valence-electron chi connectivity index (χ2n) is 5.31. The number of nitrogens with one attached hydrogen (secondary N) is 1. The van der Waals surface area contributed by atoms with Gasteiger partial charge in [0.05, 0.1) is 12.5 Å². The summed E-state index contributed by atoms with van der Waals surface area (Å²) in [6.07, 6.45) is 2.95. The predicted molar refractivity (Wildman–Crippen MR) is 89.8 cm³/mol. The molecule has 0 aromatic heterocycles. The SMILES string of the molecule is Cc1ccc(C(CC(=O)O)NC(=O)C=Cc2ccccc2)cc1. The van der Waals surface area contributed by atoms with E-state index < -0.39 is 12.0 Å². The van der Waals surface area contributed by atoms with Crippen LogP contribution in [0.3, 0.4) is 0 Å². The van der Waals surface area contributed by atoms with Crippen LogP contribution in [0.2, 0.25) is 0 Å². The average Bonchev–Trinajstić information content (AvgIpc) is 2.53. The van der Waals surface area contributed by atoms with Gasteiger partial charge in [-0.1, -0.05) is 60.2 Å². The summed E-state index contributed by atoms with van der Waals surface area (Å²) < 4.78 is 0. The van der Waals surface area contributed by atoms with Gasteiger partial charge in [-0.15, -0.1) is 0 Å². The summed E-state index contributed by atoms with van der Waals surface area (Å²) in [5, 5.41) is 11.8. The molecular formula is C19H19NO3. The number of hydrogen-bond donors (Lipinski definition) is 2. The molecule has 0 fully saturated rings. The largest absolute Gasteiger partial charge is 0.481 e. The standard InChI is InChI=1S/C19H19NO3/c1-14-7-10-16(11-8-14)17(13-19(22)23)20-18(21)12-9-15-5-3-2-4-6-15/h2-12,17H,13H2,1H3,(H,20,21)(H,22,23). The Morgan fingerprint density at radius 1 is 1.09 bits per heavy atom. The monoisotopic (exact) mass is 309 g/mol. The van der Waals surface area contributed by atoms with Gasteiger partial charge in [0.15, 0.2) is 0 Å². The highest BCUT2D eigenvalue weighted by molar-refractivity contribution is 5.92. The van der Waals surface area contributed by atoms with E-state index in [1.807, 2.05) is 61.5 Å². The highest BCUT2D eigenvalue weighted by atomic mass is 16.4. The maximum Gasteiger partial charge on any atom is 0.305 e. The minimum Gasteiger partial charge on any atom is -0.481 e. The van der Waals surface area contributed by atoms with Gasteiger partial charge in [-0.3, -0.25) is 9.59 Å². The Balaban J connectivity index is 2.08. The van der Waals surface area contributed by atoms with Crippen molar-refractivity contribution in [3.8, 4) is 0 Å². The summed E-state index contributed by atoms with van der Waals surface area (Å²) in [4.78, 5) is 23.1. The van der Waals surface area contributed by atoms with Gasteiger partial charge in [-0.25, -0.2) is 0 Å². The van der Waals surface area contributed by atoms with Gasteiger partial charge in [-0.05, 0) is 24.1 Å². The van der Waals surface area contributed by atoms with Gasteiger partial charge >= 0.3 is 5.97 Å². The molecule has 0 saturated carbocycles. The molecule has 2 N–H and O–H groups in total. The lowest BCUT2D eigenvalue weighted by molar-refractivity contribution is -0.137. The Labute approximate surface area is 135 Å². The van der Waals surface area contributed by atoms with Crippen LogP contribution in [0, 0.1) is 6.92 Å². The molecule has 4 heteroatoms. The molecule has 1 amide bonds. The lowest BCUT2D eigenvalue weighted by atomic mass is 10.0. The van der Waals surface area contributed by atoms with Crippen molar-refractivity contribution in [1.29, 1.82) is 0 Å². The number of rotatable bonds is 6. The van der Waals surface area contributed by atoms with Crippen LogP contribution in [0.4, 0.5) is 0 Å². The van der Waals surface area contributed by atoms with Gasteiger partial charge in [0, 0.05) is 6.08 Å². The number of carbonyl (C=O) groups is 2. The molecule has 2 aromatic rings. The molecule has 1 unspecified atom stereocenters. The topological polar surface area (TPSA) is 66.4 Å². The first kappa shape index (κ1) is 16.5. The van der Waals surface area contributed by atoms with Crippen molar-refractivity contribution in [3.05, 3.63) is 77.4 Å². The van der Waals surface area contributed by atoms with Crippen LogP contribution >= 0.6 is 0 Å². The lowest BCUT2D eigenvalue weighted by Gasteiger charge is -2.16. The average molecular weight is 309 g/mol. The van der Waals surface area contributed by atoms with E-state index >= 15 is 0 Å². The molecule has 0 aliphatic carbocycles. The van der Waals surface area contributed by atoms with Crippen LogP contribution in [-0.2, 0) is 9.59 Å². The fourth-order valence-electron chi connectivity index (χ4n) is 2.18. The summed E-state index contributed by atoms with van der Waals surface area (Å²) >= 11 is 0. The first-order valence-corrected chi connectivity index (χ1v) is 7.36. The third-order valence-electron chi connectivity index (χ3n) is 3.40. The second-order valence-corrected chi connectivity index (χ2v) is 5.31. The molecule has 0 spiro atoms. The second kappa shape index (κ2) is 7.94. The number of hydrogen-bond acceptors (Lipinski definition) is 2. The van der Waals surface area contributed by atoms with E-state index in [9.17, 15) is 9.59 Å². The minimum atomic E-state index is -0.956. The first-order valence-electron chi connectivity index (χ1n) is 7.36. The van der Waals surface area contributed by atoms with Gasteiger partial charge in [-0.2, -0.15) is 0 Å². The van der Waals surface area contributed by atoms with Crippen molar-refractivity contribution >= 4 is 18.0 Å². The van der Waals surface area contributed by atoms with E-state index in [4.69, 9.17) is 5.11 Å². The number of carbonyl (C=O) groups excluding carboxylic acids is 1.